The van der Waals surface area contributed by atoms with Gasteiger partial charge in [0.05, 0.1) is 4.47 Å². The summed E-state index contributed by atoms with van der Waals surface area (Å²) in [5.41, 5.74) is 2.36. The number of anilines is 2. The molecule has 0 saturated carbocycles. The zero-order valence-corrected chi connectivity index (χ0v) is 12.6. The van der Waals surface area contributed by atoms with Crippen LogP contribution >= 0.6 is 15.9 Å². The third-order valence-electron chi connectivity index (χ3n) is 2.23. The van der Waals surface area contributed by atoms with E-state index in [9.17, 15) is 4.79 Å². The van der Waals surface area contributed by atoms with Gasteiger partial charge in [-0.15, -0.1) is 0 Å². The number of carbonyl (C=O) groups excluding carboxylic acids is 1. The van der Waals surface area contributed by atoms with Crippen LogP contribution in [0.3, 0.4) is 0 Å². The van der Waals surface area contributed by atoms with Crippen LogP contribution in [0.5, 0.6) is 0 Å². The van der Waals surface area contributed by atoms with Crippen molar-refractivity contribution < 1.29 is 4.79 Å². The van der Waals surface area contributed by atoms with Gasteiger partial charge >= 0.3 is 0 Å². The highest BCUT2D eigenvalue weighted by atomic mass is 79.9. The highest BCUT2D eigenvalue weighted by molar-refractivity contribution is 9.10. The van der Waals surface area contributed by atoms with Gasteiger partial charge < -0.3 is 10.6 Å². The topological polar surface area (TPSA) is 105 Å². The van der Waals surface area contributed by atoms with Gasteiger partial charge in [-0.1, -0.05) is 13.8 Å². The number of amides is 1. The molecular formula is C11H19BrN6O. The van der Waals surface area contributed by atoms with Gasteiger partial charge in [0.1, 0.15) is 5.82 Å². The summed E-state index contributed by atoms with van der Waals surface area (Å²) < 4.78 is 0.717. The molecule has 0 radical (unpaired) electrons. The smallest absolute Gasteiger partial charge is 0.239 e. The molecular weight excluding hydrogens is 312 g/mol. The van der Waals surface area contributed by atoms with Crippen LogP contribution in [0.2, 0.25) is 0 Å². The summed E-state index contributed by atoms with van der Waals surface area (Å²) in [4.78, 5) is 19.6. The summed E-state index contributed by atoms with van der Waals surface area (Å²) in [6, 6.07) is 0. The Balaban J connectivity index is 2.38. The SMILES string of the molecule is CC(C)CNC(=O)CCNc1nc(NN)ncc1Br. The average molecular weight is 331 g/mol. The number of nitrogens with two attached hydrogens (primary N) is 1. The molecule has 0 aliphatic heterocycles. The molecule has 7 nitrogen and oxygen atoms in total. The molecule has 0 aromatic carbocycles. The fraction of sp³-hybridized carbons (Fsp3) is 0.545. The molecule has 1 aromatic heterocycles. The number of aromatic nitrogens is 2. The molecule has 1 heterocycles. The minimum absolute atomic E-state index is 0.0172. The van der Waals surface area contributed by atoms with Gasteiger partial charge in [0.2, 0.25) is 11.9 Å². The quantitative estimate of drug-likeness (QED) is 0.440. The van der Waals surface area contributed by atoms with Crippen LogP contribution in [0.1, 0.15) is 20.3 Å². The van der Waals surface area contributed by atoms with Crippen LogP contribution in [0.25, 0.3) is 0 Å². The van der Waals surface area contributed by atoms with E-state index in [4.69, 9.17) is 5.84 Å². The lowest BCUT2D eigenvalue weighted by Gasteiger charge is -2.10. The van der Waals surface area contributed by atoms with Crippen molar-refractivity contribution in [3.8, 4) is 0 Å². The molecule has 1 rings (SSSR count). The van der Waals surface area contributed by atoms with Crippen LogP contribution < -0.4 is 21.9 Å². The van der Waals surface area contributed by atoms with Gasteiger partial charge in [0.15, 0.2) is 0 Å². The number of nitrogens with one attached hydrogen (secondary N) is 3. The molecule has 106 valence electrons. The van der Waals surface area contributed by atoms with Crippen molar-refractivity contribution in [2.24, 2.45) is 11.8 Å². The first-order valence-electron chi connectivity index (χ1n) is 6.02. The summed E-state index contributed by atoms with van der Waals surface area (Å²) in [6.45, 7) is 5.29. The van der Waals surface area contributed by atoms with Crippen LogP contribution in [0.15, 0.2) is 10.7 Å². The van der Waals surface area contributed by atoms with Crippen molar-refractivity contribution in [2.45, 2.75) is 20.3 Å². The maximum Gasteiger partial charge on any atom is 0.239 e. The maximum atomic E-state index is 11.5. The summed E-state index contributed by atoms with van der Waals surface area (Å²) >= 11 is 3.32. The van der Waals surface area contributed by atoms with E-state index < -0.39 is 0 Å². The Labute approximate surface area is 120 Å². The Kier molecular flexibility index (Phi) is 6.51. The number of rotatable bonds is 7. The molecule has 0 fully saturated rings. The molecule has 0 saturated heterocycles. The molecule has 0 bridgehead atoms. The number of nitrogen functional groups attached to an aromatic ring is 1. The molecule has 0 aliphatic carbocycles. The van der Waals surface area contributed by atoms with Gasteiger partial charge in [-0.25, -0.2) is 10.8 Å². The predicted molar refractivity (Wildman–Crippen MR) is 78.5 cm³/mol. The molecule has 0 spiro atoms. The van der Waals surface area contributed by atoms with E-state index in [1.807, 2.05) is 0 Å². The Morgan fingerprint density at radius 3 is 2.89 bits per heavy atom. The summed E-state index contributed by atoms with van der Waals surface area (Å²) in [7, 11) is 0. The van der Waals surface area contributed by atoms with Crippen molar-refractivity contribution in [2.75, 3.05) is 23.8 Å². The molecule has 1 aromatic rings. The zero-order chi connectivity index (χ0) is 14.3. The second-order valence-corrected chi connectivity index (χ2v) is 5.26. The summed E-state index contributed by atoms with van der Waals surface area (Å²) in [5, 5.41) is 5.90. The summed E-state index contributed by atoms with van der Waals surface area (Å²) in [6.07, 6.45) is 1.97. The first-order valence-corrected chi connectivity index (χ1v) is 6.82. The minimum Gasteiger partial charge on any atom is -0.368 e. The molecule has 0 unspecified atom stereocenters. The lowest BCUT2D eigenvalue weighted by Crippen LogP contribution is -2.28. The van der Waals surface area contributed by atoms with Gasteiger partial charge in [-0.05, 0) is 21.8 Å². The van der Waals surface area contributed by atoms with E-state index in [1.54, 1.807) is 6.20 Å². The molecule has 5 N–H and O–H groups in total. The molecule has 19 heavy (non-hydrogen) atoms. The van der Waals surface area contributed by atoms with Crippen LogP contribution in [0, 0.1) is 5.92 Å². The fourth-order valence-corrected chi connectivity index (χ4v) is 1.59. The number of hydrogen-bond acceptors (Lipinski definition) is 6. The standard InChI is InChI=1S/C11H19BrN6O/c1-7(2)5-15-9(19)3-4-14-10-8(12)6-16-11(17-10)18-13/h6-7H,3-5,13H2,1-2H3,(H,15,19)(H2,14,16,17,18). The normalized spacial score (nSPS) is 10.4. The first kappa shape index (κ1) is 15.6. The van der Waals surface area contributed by atoms with Crippen LogP contribution in [0.4, 0.5) is 11.8 Å². The van der Waals surface area contributed by atoms with E-state index in [-0.39, 0.29) is 5.91 Å². The maximum absolute atomic E-state index is 11.5. The van der Waals surface area contributed by atoms with E-state index in [2.05, 4.69) is 55.8 Å². The van der Waals surface area contributed by atoms with Crippen molar-refractivity contribution in [3.05, 3.63) is 10.7 Å². The van der Waals surface area contributed by atoms with Crippen molar-refractivity contribution in [3.63, 3.8) is 0 Å². The van der Waals surface area contributed by atoms with Crippen molar-refractivity contribution >= 4 is 33.6 Å². The van der Waals surface area contributed by atoms with E-state index in [0.717, 1.165) is 0 Å². The Hall–Kier alpha value is -1.41. The lowest BCUT2D eigenvalue weighted by molar-refractivity contribution is -0.120. The number of carbonyl (C=O) groups is 1. The van der Waals surface area contributed by atoms with Gasteiger partial charge in [-0.3, -0.25) is 10.2 Å². The number of hydrazine groups is 1. The third-order valence-corrected chi connectivity index (χ3v) is 2.81. The van der Waals surface area contributed by atoms with Gasteiger partial charge in [0.25, 0.3) is 0 Å². The van der Waals surface area contributed by atoms with Crippen LogP contribution in [-0.4, -0.2) is 29.0 Å². The Morgan fingerprint density at radius 2 is 2.26 bits per heavy atom. The molecule has 0 aliphatic rings. The second kappa shape index (κ2) is 7.90. The lowest BCUT2D eigenvalue weighted by atomic mass is 10.2. The van der Waals surface area contributed by atoms with E-state index >= 15 is 0 Å². The Bertz CT molecular complexity index is 426. The van der Waals surface area contributed by atoms with E-state index in [1.165, 1.54) is 0 Å². The Morgan fingerprint density at radius 1 is 1.53 bits per heavy atom. The largest absolute Gasteiger partial charge is 0.368 e. The average Bonchev–Trinajstić information content (AvgIpc) is 2.38. The van der Waals surface area contributed by atoms with Crippen molar-refractivity contribution in [1.29, 1.82) is 0 Å². The monoisotopic (exact) mass is 330 g/mol. The van der Waals surface area contributed by atoms with Gasteiger partial charge in [-0.2, -0.15) is 4.98 Å². The number of hydrogen-bond donors (Lipinski definition) is 4. The van der Waals surface area contributed by atoms with Crippen LogP contribution in [-0.2, 0) is 4.79 Å². The molecule has 0 atom stereocenters. The second-order valence-electron chi connectivity index (χ2n) is 4.41. The molecule has 1 amide bonds. The predicted octanol–water partition coefficient (Wildman–Crippen LogP) is 1.10. The van der Waals surface area contributed by atoms with Gasteiger partial charge in [0, 0.05) is 25.7 Å². The number of nitrogens with zero attached hydrogens (tertiary/aromatic N) is 2. The number of halogens is 1. The van der Waals surface area contributed by atoms with E-state index in [0.29, 0.717) is 41.7 Å². The summed E-state index contributed by atoms with van der Waals surface area (Å²) in [5.74, 6) is 6.61. The highest BCUT2D eigenvalue weighted by Gasteiger charge is 2.06. The fourth-order valence-electron chi connectivity index (χ4n) is 1.26. The first-order chi connectivity index (χ1) is 9.02. The third kappa shape index (κ3) is 5.84. The minimum atomic E-state index is 0.0172. The highest BCUT2D eigenvalue weighted by Crippen LogP contribution is 2.19. The van der Waals surface area contributed by atoms with Crippen molar-refractivity contribution in [1.82, 2.24) is 15.3 Å². The molecule has 8 heteroatoms. The zero-order valence-electron chi connectivity index (χ0n) is 11.0.